The third kappa shape index (κ3) is 6.21. The summed E-state index contributed by atoms with van der Waals surface area (Å²) in [6.45, 7) is 0. The molecule has 2 nitrogen and oxygen atoms in total. The summed E-state index contributed by atoms with van der Waals surface area (Å²) in [5.74, 6) is -3.72. The number of benzene rings is 1. The monoisotopic (exact) mass is 426 g/mol. The summed E-state index contributed by atoms with van der Waals surface area (Å²) >= 11 is 3.19. The second-order valence-electron chi connectivity index (χ2n) is 4.47. The summed E-state index contributed by atoms with van der Waals surface area (Å²) in [4.78, 5) is 3.78. The first-order chi connectivity index (χ1) is 10.3. The zero-order valence-corrected chi connectivity index (χ0v) is 14.1. The Morgan fingerprint density at radius 3 is 2.17 bits per heavy atom. The highest BCUT2D eigenvalue weighted by Gasteiger charge is 2.38. The van der Waals surface area contributed by atoms with Crippen LogP contribution in [0.2, 0.25) is 0 Å². The molecule has 1 aromatic rings. The van der Waals surface area contributed by atoms with Crippen LogP contribution in [0.15, 0.2) is 26.5 Å². The summed E-state index contributed by atoms with van der Waals surface area (Å²) in [6.07, 6.45) is -9.30. The lowest BCUT2D eigenvalue weighted by atomic mass is 10.3. The van der Waals surface area contributed by atoms with Crippen molar-refractivity contribution in [2.75, 3.05) is 19.8 Å². The van der Waals surface area contributed by atoms with Gasteiger partial charge in [-0.1, -0.05) is 0 Å². The smallest absolute Gasteiger partial charge is 0.359 e. The fourth-order valence-electron chi connectivity index (χ4n) is 1.41. The van der Waals surface area contributed by atoms with Crippen LogP contribution in [0.4, 0.5) is 36.4 Å². The highest BCUT2D eigenvalue weighted by molar-refractivity contribution is 9.10. The molecule has 130 valence electrons. The summed E-state index contributed by atoms with van der Waals surface area (Å²) < 4.78 is 88.9. The zero-order valence-electron chi connectivity index (χ0n) is 11.7. The van der Waals surface area contributed by atoms with Crippen LogP contribution in [0.25, 0.3) is 0 Å². The van der Waals surface area contributed by atoms with Crippen LogP contribution in [-0.4, -0.2) is 42.9 Å². The van der Waals surface area contributed by atoms with Gasteiger partial charge in [-0.15, -0.1) is 11.8 Å². The van der Waals surface area contributed by atoms with Crippen LogP contribution < -0.4 is 0 Å². The lowest BCUT2D eigenvalue weighted by Gasteiger charge is -2.18. The summed E-state index contributed by atoms with van der Waals surface area (Å²) in [6, 6.07) is 1.62. The van der Waals surface area contributed by atoms with Crippen LogP contribution in [0, 0.1) is 5.82 Å². The number of amidine groups is 1. The molecule has 0 saturated carbocycles. The van der Waals surface area contributed by atoms with Crippen LogP contribution in [0.1, 0.15) is 0 Å². The van der Waals surface area contributed by atoms with E-state index in [0.717, 1.165) is 26.2 Å². The van der Waals surface area contributed by atoms with E-state index in [1.165, 1.54) is 0 Å². The van der Waals surface area contributed by atoms with Gasteiger partial charge in [0.2, 0.25) is 5.84 Å². The Morgan fingerprint density at radius 1 is 1.17 bits per heavy atom. The average molecular weight is 427 g/mol. The Labute approximate surface area is 139 Å². The van der Waals surface area contributed by atoms with E-state index in [4.69, 9.17) is 0 Å². The third-order valence-corrected chi connectivity index (χ3v) is 4.34. The van der Waals surface area contributed by atoms with E-state index < -0.39 is 35.4 Å². The van der Waals surface area contributed by atoms with E-state index in [1.54, 1.807) is 0 Å². The lowest BCUT2D eigenvalue weighted by Crippen LogP contribution is -2.36. The maximum atomic E-state index is 13.8. The van der Waals surface area contributed by atoms with E-state index in [0.29, 0.717) is 16.7 Å². The molecule has 0 aromatic heterocycles. The van der Waals surface area contributed by atoms with Gasteiger partial charge in [0.1, 0.15) is 11.5 Å². The van der Waals surface area contributed by atoms with Crippen LogP contribution >= 0.6 is 27.7 Å². The van der Waals surface area contributed by atoms with E-state index in [1.807, 2.05) is 0 Å². The average Bonchev–Trinajstić information content (AvgIpc) is 2.33. The maximum absolute atomic E-state index is 13.8. The predicted octanol–water partition coefficient (Wildman–Crippen LogP) is 5.40. The Bertz CT molecular complexity index is 596. The molecule has 0 N–H and O–H groups in total. The first-order valence-electron chi connectivity index (χ1n) is 5.83. The number of halogens is 8. The minimum Gasteiger partial charge on any atom is -0.359 e. The molecule has 0 amide bonds. The first kappa shape index (κ1) is 20.1. The normalized spacial score (nSPS) is 13.4. The Kier molecular flexibility index (Phi) is 6.36. The quantitative estimate of drug-likeness (QED) is 0.278. The van der Waals surface area contributed by atoms with Gasteiger partial charge in [0.05, 0.1) is 5.75 Å². The molecule has 0 saturated heterocycles. The number of aliphatic imine (C=N–C) groups is 1. The van der Waals surface area contributed by atoms with Crippen molar-refractivity contribution in [1.82, 2.24) is 4.90 Å². The van der Waals surface area contributed by atoms with Crippen molar-refractivity contribution >= 4 is 39.2 Å². The van der Waals surface area contributed by atoms with Crippen LogP contribution in [0.5, 0.6) is 0 Å². The lowest BCUT2D eigenvalue weighted by molar-refractivity contribution is -0.105. The van der Waals surface area contributed by atoms with E-state index in [2.05, 4.69) is 20.9 Å². The molecule has 0 heterocycles. The maximum Gasteiger partial charge on any atom is 0.449 e. The van der Waals surface area contributed by atoms with Gasteiger partial charge in [0.15, 0.2) is 0 Å². The van der Waals surface area contributed by atoms with Crippen LogP contribution in [0.3, 0.4) is 0 Å². The molecule has 1 rings (SSSR count). The molecule has 11 heteroatoms. The van der Waals surface area contributed by atoms with E-state index >= 15 is 0 Å². The zero-order chi connectivity index (χ0) is 18.0. The third-order valence-electron chi connectivity index (χ3n) is 2.30. The molecule has 0 radical (unpaired) electrons. The first-order valence-corrected chi connectivity index (χ1v) is 7.61. The molecule has 23 heavy (non-hydrogen) atoms. The van der Waals surface area contributed by atoms with Gasteiger partial charge in [0, 0.05) is 23.5 Å². The number of alkyl halides is 6. The Hall–Kier alpha value is -0.970. The molecule has 0 aliphatic heterocycles. The number of hydrogen-bond donors (Lipinski definition) is 0. The highest BCUT2D eigenvalue weighted by Crippen LogP contribution is 2.37. The minimum absolute atomic E-state index is 0.00149. The number of thioether (sulfide) groups is 1. The molecule has 0 fully saturated rings. The molecule has 0 aliphatic carbocycles. The second kappa shape index (κ2) is 7.29. The van der Waals surface area contributed by atoms with Gasteiger partial charge in [-0.05, 0) is 28.1 Å². The number of rotatable bonds is 3. The number of hydrogen-bond acceptors (Lipinski definition) is 2. The van der Waals surface area contributed by atoms with Crippen molar-refractivity contribution in [2.45, 2.75) is 17.2 Å². The van der Waals surface area contributed by atoms with Crippen molar-refractivity contribution in [3.8, 4) is 0 Å². The molecule has 0 bridgehead atoms. The van der Waals surface area contributed by atoms with Crippen molar-refractivity contribution in [1.29, 1.82) is 0 Å². The molecular formula is C12H10BrF7N2S. The Morgan fingerprint density at radius 2 is 1.74 bits per heavy atom. The molecule has 0 aliphatic rings. The topological polar surface area (TPSA) is 15.6 Å². The molecule has 0 unspecified atom stereocenters. The van der Waals surface area contributed by atoms with Gasteiger partial charge < -0.3 is 4.90 Å². The summed E-state index contributed by atoms with van der Waals surface area (Å²) in [5, 5.41) is 0. The number of nitrogens with zero attached hydrogens (tertiary/aromatic N) is 2. The predicted molar refractivity (Wildman–Crippen MR) is 77.7 cm³/mol. The standard InChI is InChI=1S/C12H10BrF7N2S/c1-22(2)10(12(18,19)20)21-8-4-9(6(13)3-7(8)14)23-5-11(15,16)17/h3-4H,5H2,1-2H3. The van der Waals surface area contributed by atoms with Crippen molar-refractivity contribution in [3.05, 3.63) is 22.4 Å². The summed E-state index contributed by atoms with van der Waals surface area (Å²) in [5.41, 5.74) is -0.695. The van der Waals surface area contributed by atoms with Gasteiger partial charge in [-0.25, -0.2) is 9.38 Å². The second-order valence-corrected chi connectivity index (χ2v) is 6.34. The fraction of sp³-hybridized carbons (Fsp3) is 0.417. The van der Waals surface area contributed by atoms with E-state index in [9.17, 15) is 30.7 Å². The van der Waals surface area contributed by atoms with Crippen LogP contribution in [-0.2, 0) is 0 Å². The molecule has 1 aromatic carbocycles. The largest absolute Gasteiger partial charge is 0.449 e. The van der Waals surface area contributed by atoms with Crippen molar-refractivity contribution < 1.29 is 30.7 Å². The molecular weight excluding hydrogens is 417 g/mol. The SMILES string of the molecule is CN(C)C(=Nc1cc(SCC(F)(F)F)c(Br)cc1F)C(F)(F)F. The molecule has 0 spiro atoms. The van der Waals surface area contributed by atoms with Crippen molar-refractivity contribution in [3.63, 3.8) is 0 Å². The van der Waals surface area contributed by atoms with Gasteiger partial charge in [-0.2, -0.15) is 26.3 Å². The Balaban J connectivity index is 3.26. The highest BCUT2D eigenvalue weighted by atomic mass is 79.9. The van der Waals surface area contributed by atoms with Crippen molar-refractivity contribution in [2.24, 2.45) is 4.99 Å². The fourth-order valence-corrected chi connectivity index (χ4v) is 2.78. The minimum atomic E-state index is -4.83. The van der Waals surface area contributed by atoms with Gasteiger partial charge in [0.25, 0.3) is 0 Å². The molecule has 0 atom stereocenters. The van der Waals surface area contributed by atoms with Gasteiger partial charge >= 0.3 is 12.4 Å². The van der Waals surface area contributed by atoms with Gasteiger partial charge in [-0.3, -0.25) is 0 Å². The summed E-state index contributed by atoms with van der Waals surface area (Å²) in [7, 11) is 2.14. The van der Waals surface area contributed by atoms with E-state index in [-0.39, 0.29) is 9.37 Å².